The van der Waals surface area contributed by atoms with Crippen LogP contribution in [0.4, 0.5) is 4.39 Å². The fourth-order valence-corrected chi connectivity index (χ4v) is 1.86. The van der Waals surface area contributed by atoms with E-state index in [4.69, 9.17) is 4.74 Å². The summed E-state index contributed by atoms with van der Waals surface area (Å²) in [6, 6.07) is 11.6. The van der Waals surface area contributed by atoms with E-state index >= 15 is 0 Å². The Balaban J connectivity index is 2.02. The molecule has 0 fully saturated rings. The van der Waals surface area contributed by atoms with Crippen LogP contribution >= 0.6 is 0 Å². The lowest BCUT2D eigenvalue weighted by molar-refractivity contribution is 0.0950. The fraction of sp³-hybridized carbons (Fsp3) is 0.188. The van der Waals surface area contributed by atoms with E-state index in [0.717, 1.165) is 16.9 Å². The maximum Gasteiger partial charge on any atom is 0.251 e. The Morgan fingerprint density at radius 1 is 1.20 bits per heavy atom. The number of hydrogen-bond donors (Lipinski definition) is 1. The van der Waals surface area contributed by atoms with Crippen LogP contribution in [0, 0.1) is 12.7 Å². The zero-order valence-electron chi connectivity index (χ0n) is 11.4. The van der Waals surface area contributed by atoms with Crippen LogP contribution in [0.5, 0.6) is 5.75 Å². The first-order valence-corrected chi connectivity index (χ1v) is 6.27. The highest BCUT2D eigenvalue weighted by Crippen LogP contribution is 2.12. The van der Waals surface area contributed by atoms with E-state index in [9.17, 15) is 9.18 Å². The van der Waals surface area contributed by atoms with Crippen LogP contribution in [-0.4, -0.2) is 13.0 Å². The Morgan fingerprint density at radius 2 is 1.90 bits per heavy atom. The van der Waals surface area contributed by atoms with E-state index in [1.807, 2.05) is 24.3 Å². The first kappa shape index (κ1) is 14.1. The first-order valence-electron chi connectivity index (χ1n) is 6.27. The van der Waals surface area contributed by atoms with Gasteiger partial charge >= 0.3 is 0 Å². The number of carbonyl (C=O) groups excluding carboxylic acids is 1. The number of carbonyl (C=O) groups is 1. The molecule has 1 amide bonds. The molecule has 0 heterocycles. The minimum atomic E-state index is -0.412. The molecular weight excluding hydrogens is 257 g/mol. The summed E-state index contributed by atoms with van der Waals surface area (Å²) in [5, 5.41) is 2.77. The molecule has 0 saturated carbocycles. The van der Waals surface area contributed by atoms with Crippen molar-refractivity contribution in [2.75, 3.05) is 7.11 Å². The van der Waals surface area contributed by atoms with Gasteiger partial charge < -0.3 is 10.1 Å². The molecule has 1 N–H and O–H groups in total. The predicted molar refractivity (Wildman–Crippen MR) is 75.3 cm³/mol. The minimum absolute atomic E-state index is 0.280. The van der Waals surface area contributed by atoms with E-state index in [-0.39, 0.29) is 5.91 Å². The molecule has 0 spiro atoms. The van der Waals surface area contributed by atoms with Gasteiger partial charge in [0.1, 0.15) is 11.6 Å². The Hall–Kier alpha value is -2.36. The molecule has 2 aromatic carbocycles. The zero-order chi connectivity index (χ0) is 14.5. The summed E-state index contributed by atoms with van der Waals surface area (Å²) in [7, 11) is 1.60. The van der Waals surface area contributed by atoms with Gasteiger partial charge in [-0.3, -0.25) is 4.79 Å². The molecule has 0 saturated heterocycles. The smallest absolute Gasteiger partial charge is 0.251 e. The SMILES string of the molecule is COc1ccc(CNC(=O)c2cc(F)ccc2C)cc1. The standard InChI is InChI=1S/C16H16FNO2/c1-11-3-6-13(17)9-15(11)16(19)18-10-12-4-7-14(20-2)8-5-12/h3-9H,10H2,1-2H3,(H,18,19). The number of halogens is 1. The lowest BCUT2D eigenvalue weighted by atomic mass is 10.1. The maximum atomic E-state index is 13.2. The second kappa shape index (κ2) is 6.19. The van der Waals surface area contributed by atoms with Gasteiger partial charge in [-0.2, -0.15) is 0 Å². The number of hydrogen-bond acceptors (Lipinski definition) is 2. The Bertz CT molecular complexity index is 608. The number of benzene rings is 2. The van der Waals surface area contributed by atoms with Crippen molar-refractivity contribution in [2.24, 2.45) is 0 Å². The lowest BCUT2D eigenvalue weighted by Crippen LogP contribution is -2.23. The average Bonchev–Trinajstić information content (AvgIpc) is 2.47. The quantitative estimate of drug-likeness (QED) is 0.929. The van der Waals surface area contributed by atoms with Crippen molar-refractivity contribution >= 4 is 5.91 Å². The van der Waals surface area contributed by atoms with E-state index in [1.54, 1.807) is 20.1 Å². The maximum absolute atomic E-state index is 13.2. The summed E-state index contributed by atoms with van der Waals surface area (Å²) < 4.78 is 18.2. The van der Waals surface area contributed by atoms with Gasteiger partial charge in [0.15, 0.2) is 0 Å². The van der Waals surface area contributed by atoms with Crippen molar-refractivity contribution in [1.29, 1.82) is 0 Å². The van der Waals surface area contributed by atoms with Crippen LogP contribution in [0.25, 0.3) is 0 Å². The number of ether oxygens (including phenoxy) is 1. The molecule has 0 aliphatic carbocycles. The van der Waals surface area contributed by atoms with E-state index in [2.05, 4.69) is 5.32 Å². The van der Waals surface area contributed by atoms with E-state index in [0.29, 0.717) is 12.1 Å². The van der Waals surface area contributed by atoms with Crippen molar-refractivity contribution in [2.45, 2.75) is 13.5 Å². The zero-order valence-corrected chi connectivity index (χ0v) is 11.4. The first-order chi connectivity index (χ1) is 9.60. The largest absolute Gasteiger partial charge is 0.497 e. The summed E-state index contributed by atoms with van der Waals surface area (Å²) in [6.07, 6.45) is 0. The fourth-order valence-electron chi connectivity index (χ4n) is 1.86. The molecule has 0 aromatic heterocycles. The average molecular weight is 273 g/mol. The molecule has 0 unspecified atom stereocenters. The highest BCUT2D eigenvalue weighted by molar-refractivity contribution is 5.95. The predicted octanol–water partition coefficient (Wildman–Crippen LogP) is 3.07. The van der Waals surface area contributed by atoms with Crippen molar-refractivity contribution < 1.29 is 13.9 Å². The topological polar surface area (TPSA) is 38.3 Å². The minimum Gasteiger partial charge on any atom is -0.497 e. The number of nitrogens with one attached hydrogen (secondary N) is 1. The number of aryl methyl sites for hydroxylation is 1. The van der Waals surface area contributed by atoms with Gasteiger partial charge in [0.25, 0.3) is 5.91 Å². The van der Waals surface area contributed by atoms with Crippen LogP contribution in [0.2, 0.25) is 0 Å². The van der Waals surface area contributed by atoms with E-state index < -0.39 is 5.82 Å². The lowest BCUT2D eigenvalue weighted by Gasteiger charge is -2.08. The van der Waals surface area contributed by atoms with Crippen LogP contribution in [-0.2, 0) is 6.54 Å². The molecule has 3 nitrogen and oxygen atoms in total. The molecule has 2 rings (SSSR count). The number of rotatable bonds is 4. The molecule has 0 bridgehead atoms. The second-order valence-electron chi connectivity index (χ2n) is 4.49. The molecule has 0 radical (unpaired) electrons. The molecular formula is C16H16FNO2. The third kappa shape index (κ3) is 3.35. The number of methoxy groups -OCH3 is 1. The number of amides is 1. The molecule has 2 aromatic rings. The summed E-state index contributed by atoms with van der Waals surface area (Å²) >= 11 is 0. The molecule has 104 valence electrons. The molecule has 0 aliphatic rings. The Kier molecular flexibility index (Phi) is 4.35. The van der Waals surface area contributed by atoms with Gasteiger partial charge in [0.2, 0.25) is 0 Å². The summed E-state index contributed by atoms with van der Waals surface area (Å²) in [6.45, 7) is 2.17. The van der Waals surface area contributed by atoms with Gasteiger partial charge in [-0.25, -0.2) is 4.39 Å². The van der Waals surface area contributed by atoms with Gasteiger partial charge in [-0.1, -0.05) is 18.2 Å². The van der Waals surface area contributed by atoms with Gasteiger partial charge in [0.05, 0.1) is 7.11 Å². The molecule has 0 atom stereocenters. The molecule has 0 aliphatic heterocycles. The van der Waals surface area contributed by atoms with Crippen LogP contribution in [0.1, 0.15) is 21.5 Å². The van der Waals surface area contributed by atoms with Crippen LogP contribution in [0.3, 0.4) is 0 Å². The summed E-state index contributed by atoms with van der Waals surface area (Å²) in [5.41, 5.74) is 2.06. The van der Waals surface area contributed by atoms with Crippen molar-refractivity contribution in [3.8, 4) is 5.75 Å². The normalized spacial score (nSPS) is 10.2. The highest BCUT2D eigenvalue weighted by Gasteiger charge is 2.09. The van der Waals surface area contributed by atoms with Crippen LogP contribution < -0.4 is 10.1 Å². The van der Waals surface area contributed by atoms with Gasteiger partial charge in [0, 0.05) is 12.1 Å². The van der Waals surface area contributed by atoms with Gasteiger partial charge in [-0.05, 0) is 42.3 Å². The Labute approximate surface area is 117 Å². The second-order valence-corrected chi connectivity index (χ2v) is 4.49. The van der Waals surface area contributed by atoms with Crippen molar-refractivity contribution in [1.82, 2.24) is 5.32 Å². The summed E-state index contributed by atoms with van der Waals surface area (Å²) in [5.74, 6) is 0.0732. The summed E-state index contributed by atoms with van der Waals surface area (Å²) in [4.78, 5) is 12.0. The highest BCUT2D eigenvalue weighted by atomic mass is 19.1. The van der Waals surface area contributed by atoms with Gasteiger partial charge in [-0.15, -0.1) is 0 Å². The van der Waals surface area contributed by atoms with Crippen LogP contribution in [0.15, 0.2) is 42.5 Å². The molecule has 20 heavy (non-hydrogen) atoms. The van der Waals surface area contributed by atoms with E-state index in [1.165, 1.54) is 12.1 Å². The third-order valence-electron chi connectivity index (χ3n) is 3.06. The van der Waals surface area contributed by atoms with Crippen molar-refractivity contribution in [3.05, 3.63) is 65.0 Å². The third-order valence-corrected chi connectivity index (χ3v) is 3.06. The van der Waals surface area contributed by atoms with Crippen molar-refractivity contribution in [3.63, 3.8) is 0 Å². The molecule has 4 heteroatoms. The monoisotopic (exact) mass is 273 g/mol. The Morgan fingerprint density at radius 3 is 2.55 bits per heavy atom.